The van der Waals surface area contributed by atoms with E-state index in [0.29, 0.717) is 24.1 Å². The monoisotopic (exact) mass is 265 g/mol. The summed E-state index contributed by atoms with van der Waals surface area (Å²) >= 11 is 0. The fourth-order valence-electron chi connectivity index (χ4n) is 2.20. The van der Waals surface area contributed by atoms with Gasteiger partial charge in [0.15, 0.2) is 0 Å². The first-order valence-corrected chi connectivity index (χ1v) is 6.65. The molecule has 3 nitrogen and oxygen atoms in total. The number of hydrogen-bond donors (Lipinski definition) is 2. The lowest BCUT2D eigenvalue weighted by Gasteiger charge is -2.26. The van der Waals surface area contributed by atoms with Crippen LogP contribution >= 0.6 is 0 Å². The van der Waals surface area contributed by atoms with Gasteiger partial charge in [-0.1, -0.05) is 26.0 Å². The Morgan fingerprint density at radius 1 is 1.37 bits per heavy atom. The van der Waals surface area contributed by atoms with Crippen molar-refractivity contribution in [2.75, 3.05) is 7.05 Å². The molecule has 0 heterocycles. The molecule has 1 atom stereocenters. The fourth-order valence-corrected chi connectivity index (χ4v) is 2.20. The molecule has 0 aliphatic carbocycles. The third kappa shape index (κ3) is 4.31. The molecule has 0 aromatic heterocycles. The minimum atomic E-state index is -0.376. The van der Waals surface area contributed by atoms with Crippen molar-refractivity contribution >= 4 is 5.84 Å². The van der Waals surface area contributed by atoms with Crippen LogP contribution in [0.15, 0.2) is 18.2 Å². The van der Waals surface area contributed by atoms with Crippen molar-refractivity contribution in [3.05, 3.63) is 35.1 Å². The van der Waals surface area contributed by atoms with Crippen molar-refractivity contribution in [3.8, 4) is 0 Å². The SMILES string of the molecule is CC(C)CC(C)N(C)Cc1cccc(C(=N)N)c1F. The smallest absolute Gasteiger partial charge is 0.138 e. The van der Waals surface area contributed by atoms with Gasteiger partial charge in [-0.05, 0) is 32.4 Å². The molecule has 106 valence electrons. The predicted molar refractivity (Wildman–Crippen MR) is 77.8 cm³/mol. The van der Waals surface area contributed by atoms with Crippen LogP contribution in [-0.2, 0) is 6.54 Å². The standard InChI is InChI=1S/C15H24FN3/c1-10(2)8-11(3)19(4)9-12-6-5-7-13(14(12)16)15(17)18/h5-7,10-11H,8-9H2,1-4H3,(H3,17,18). The zero-order valence-electron chi connectivity index (χ0n) is 12.2. The van der Waals surface area contributed by atoms with Gasteiger partial charge in [-0.2, -0.15) is 0 Å². The average molecular weight is 265 g/mol. The Labute approximate surface area is 115 Å². The summed E-state index contributed by atoms with van der Waals surface area (Å²) in [6, 6.07) is 5.43. The van der Waals surface area contributed by atoms with Crippen molar-refractivity contribution in [2.45, 2.75) is 39.8 Å². The number of hydrogen-bond acceptors (Lipinski definition) is 2. The number of halogens is 1. The van der Waals surface area contributed by atoms with Gasteiger partial charge in [0.05, 0.1) is 5.56 Å². The molecule has 1 aromatic carbocycles. The molecule has 0 aliphatic rings. The molecule has 0 saturated carbocycles. The molecule has 1 unspecified atom stereocenters. The van der Waals surface area contributed by atoms with Crippen LogP contribution < -0.4 is 5.73 Å². The third-order valence-corrected chi connectivity index (χ3v) is 3.35. The number of nitrogens with one attached hydrogen (secondary N) is 1. The number of amidine groups is 1. The number of benzene rings is 1. The number of nitrogens with two attached hydrogens (primary N) is 1. The maximum atomic E-state index is 14.2. The van der Waals surface area contributed by atoms with Crippen molar-refractivity contribution in [1.29, 1.82) is 5.41 Å². The molecule has 0 radical (unpaired) electrons. The highest BCUT2D eigenvalue weighted by Gasteiger charge is 2.15. The van der Waals surface area contributed by atoms with Crippen molar-refractivity contribution < 1.29 is 4.39 Å². The maximum Gasteiger partial charge on any atom is 0.138 e. The molecule has 1 rings (SSSR count). The first-order valence-electron chi connectivity index (χ1n) is 6.65. The van der Waals surface area contributed by atoms with Crippen LogP contribution in [0.25, 0.3) is 0 Å². The zero-order valence-corrected chi connectivity index (χ0v) is 12.2. The summed E-state index contributed by atoms with van der Waals surface area (Å²) in [5.41, 5.74) is 6.14. The van der Waals surface area contributed by atoms with Gasteiger partial charge in [-0.25, -0.2) is 4.39 Å². The van der Waals surface area contributed by atoms with E-state index < -0.39 is 0 Å². The summed E-state index contributed by atoms with van der Waals surface area (Å²) in [5.74, 6) is 0.0154. The molecule has 3 N–H and O–H groups in total. The summed E-state index contributed by atoms with van der Waals surface area (Å²) in [7, 11) is 1.99. The molecule has 0 saturated heterocycles. The second-order valence-corrected chi connectivity index (χ2v) is 5.59. The summed E-state index contributed by atoms with van der Waals surface area (Å²) in [6.07, 6.45) is 1.07. The second-order valence-electron chi connectivity index (χ2n) is 5.59. The summed E-state index contributed by atoms with van der Waals surface area (Å²) in [6.45, 7) is 7.04. The number of nitrogen functional groups attached to an aromatic ring is 1. The molecule has 1 aromatic rings. The average Bonchev–Trinajstić information content (AvgIpc) is 2.30. The molecule has 0 spiro atoms. The Hall–Kier alpha value is -1.42. The van der Waals surface area contributed by atoms with E-state index in [9.17, 15) is 4.39 Å². The topological polar surface area (TPSA) is 53.1 Å². The molecular formula is C15H24FN3. The van der Waals surface area contributed by atoms with E-state index in [1.54, 1.807) is 18.2 Å². The molecule has 0 aliphatic heterocycles. The molecule has 0 fully saturated rings. The van der Waals surface area contributed by atoms with Crippen LogP contribution in [0.2, 0.25) is 0 Å². The van der Waals surface area contributed by atoms with Crippen LogP contribution in [0.4, 0.5) is 4.39 Å². The van der Waals surface area contributed by atoms with E-state index in [4.69, 9.17) is 11.1 Å². The van der Waals surface area contributed by atoms with Gasteiger partial charge in [0.1, 0.15) is 11.7 Å². The molecule has 0 bridgehead atoms. The van der Waals surface area contributed by atoms with Crippen molar-refractivity contribution in [2.24, 2.45) is 11.7 Å². The Morgan fingerprint density at radius 3 is 2.53 bits per heavy atom. The lowest BCUT2D eigenvalue weighted by Crippen LogP contribution is -2.30. The quantitative estimate of drug-likeness (QED) is 0.613. The summed E-state index contributed by atoms with van der Waals surface area (Å²) in [5, 5.41) is 7.36. The van der Waals surface area contributed by atoms with E-state index in [1.807, 2.05) is 7.05 Å². The van der Waals surface area contributed by atoms with Crippen LogP contribution in [0.1, 0.15) is 38.3 Å². The normalized spacial score (nSPS) is 13.0. The van der Waals surface area contributed by atoms with Gasteiger partial charge < -0.3 is 5.73 Å². The summed E-state index contributed by atoms with van der Waals surface area (Å²) < 4.78 is 14.2. The van der Waals surface area contributed by atoms with E-state index in [-0.39, 0.29) is 17.2 Å². The molecule has 19 heavy (non-hydrogen) atoms. The van der Waals surface area contributed by atoms with Crippen LogP contribution in [0.3, 0.4) is 0 Å². The van der Waals surface area contributed by atoms with E-state index >= 15 is 0 Å². The largest absolute Gasteiger partial charge is 0.384 e. The Morgan fingerprint density at radius 2 is 2.00 bits per heavy atom. The first kappa shape index (κ1) is 15.6. The second kappa shape index (κ2) is 6.66. The Balaban J connectivity index is 2.82. The third-order valence-electron chi connectivity index (χ3n) is 3.35. The Bertz CT molecular complexity index is 443. The highest BCUT2D eigenvalue weighted by molar-refractivity contribution is 5.95. The maximum absolute atomic E-state index is 14.2. The Kier molecular flexibility index (Phi) is 5.48. The van der Waals surface area contributed by atoms with Crippen molar-refractivity contribution in [1.82, 2.24) is 4.90 Å². The van der Waals surface area contributed by atoms with Crippen LogP contribution in [-0.4, -0.2) is 23.8 Å². The first-order chi connectivity index (χ1) is 8.82. The lowest BCUT2D eigenvalue weighted by atomic mass is 10.0. The lowest BCUT2D eigenvalue weighted by molar-refractivity contribution is 0.218. The van der Waals surface area contributed by atoms with Gasteiger partial charge in [0.25, 0.3) is 0 Å². The number of nitrogens with zero attached hydrogens (tertiary/aromatic N) is 1. The van der Waals surface area contributed by atoms with Gasteiger partial charge >= 0.3 is 0 Å². The van der Waals surface area contributed by atoms with Crippen molar-refractivity contribution in [3.63, 3.8) is 0 Å². The minimum absolute atomic E-state index is 0.183. The predicted octanol–water partition coefficient (Wildman–Crippen LogP) is 2.98. The van der Waals surface area contributed by atoms with E-state index in [2.05, 4.69) is 25.7 Å². The molecule has 4 heteroatoms. The zero-order chi connectivity index (χ0) is 14.6. The highest BCUT2D eigenvalue weighted by atomic mass is 19.1. The van der Waals surface area contributed by atoms with E-state index in [0.717, 1.165) is 6.42 Å². The molecular weight excluding hydrogens is 241 g/mol. The fraction of sp³-hybridized carbons (Fsp3) is 0.533. The highest BCUT2D eigenvalue weighted by Crippen LogP contribution is 2.17. The van der Waals surface area contributed by atoms with Gasteiger partial charge in [-0.3, -0.25) is 10.3 Å². The van der Waals surface area contributed by atoms with Gasteiger partial charge in [0.2, 0.25) is 0 Å². The van der Waals surface area contributed by atoms with Gasteiger partial charge in [0, 0.05) is 18.2 Å². The van der Waals surface area contributed by atoms with Gasteiger partial charge in [-0.15, -0.1) is 0 Å². The van der Waals surface area contributed by atoms with E-state index in [1.165, 1.54) is 0 Å². The minimum Gasteiger partial charge on any atom is -0.384 e. The molecule has 0 amide bonds. The summed E-state index contributed by atoms with van der Waals surface area (Å²) in [4.78, 5) is 2.13. The van der Waals surface area contributed by atoms with Crippen LogP contribution in [0, 0.1) is 17.1 Å². The number of rotatable bonds is 6. The van der Waals surface area contributed by atoms with Crippen LogP contribution in [0.5, 0.6) is 0 Å².